The molecular weight excluding hydrogens is 486 g/mol. The number of carbonyl (C=O) groups is 6. The molecule has 0 spiro atoms. The Balaban J connectivity index is 0.000000462. The van der Waals surface area contributed by atoms with Crippen molar-refractivity contribution < 1.29 is 59.4 Å². The summed E-state index contributed by atoms with van der Waals surface area (Å²) in [6.07, 6.45) is -0.478. The number of likely N-dealkylation sites (tertiary alicyclic amines) is 3. The van der Waals surface area contributed by atoms with Gasteiger partial charge in [0, 0.05) is 60.0 Å². The third-order valence-electron chi connectivity index (χ3n) is 5.49. The van der Waals surface area contributed by atoms with Crippen LogP contribution in [0.15, 0.2) is 0 Å². The van der Waals surface area contributed by atoms with Crippen molar-refractivity contribution in [2.75, 3.05) is 54.0 Å². The summed E-state index contributed by atoms with van der Waals surface area (Å²) in [6.45, 7) is 0.337. The fourth-order valence-electron chi connectivity index (χ4n) is 3.14. The molecule has 0 aromatic carbocycles. The van der Waals surface area contributed by atoms with Crippen molar-refractivity contribution >= 4 is 35.6 Å². The smallest absolute Gasteiger partial charge is 0.308 e. The number of hydrogen-bond donors (Lipinski definition) is 6. The molecule has 3 aliphatic heterocycles. The number of amides is 3. The second-order valence-corrected chi connectivity index (χ2v) is 8.56. The maximum absolute atomic E-state index is 10.8. The Kier molecular flexibility index (Phi) is 14.2. The lowest BCUT2D eigenvalue weighted by Crippen LogP contribution is -2.20. The Hall–Kier alpha value is -3.30. The van der Waals surface area contributed by atoms with Gasteiger partial charge in [0.2, 0.25) is 17.7 Å². The van der Waals surface area contributed by atoms with Crippen LogP contribution in [0, 0.1) is 17.8 Å². The van der Waals surface area contributed by atoms with Gasteiger partial charge in [0.25, 0.3) is 0 Å². The molecular formula is C21H35N3O12. The number of carboxylic acids is 3. The summed E-state index contributed by atoms with van der Waals surface area (Å²) in [4.78, 5) is 67.5. The number of aliphatic hydroxyl groups is 3. The fraction of sp³-hybridized carbons (Fsp3) is 0.714. The molecule has 3 heterocycles. The maximum Gasteiger partial charge on any atom is 0.308 e. The lowest BCUT2D eigenvalue weighted by Gasteiger charge is -2.05. The average Bonchev–Trinajstić information content (AvgIpc) is 3.46. The summed E-state index contributed by atoms with van der Waals surface area (Å²) < 4.78 is 0. The molecule has 6 N–H and O–H groups in total. The van der Waals surface area contributed by atoms with Gasteiger partial charge in [0.05, 0.1) is 31.0 Å². The molecule has 206 valence electrons. The Morgan fingerprint density at radius 2 is 0.889 bits per heavy atom. The minimum absolute atomic E-state index is 0.0765. The highest BCUT2D eigenvalue weighted by molar-refractivity contribution is 5.87. The first kappa shape index (κ1) is 32.7. The fourth-order valence-corrected chi connectivity index (χ4v) is 3.14. The number of carbonyl (C=O) groups excluding carboxylic acids is 3. The molecule has 0 aromatic rings. The molecule has 3 amide bonds. The summed E-state index contributed by atoms with van der Waals surface area (Å²) in [6, 6.07) is 0. The zero-order chi connectivity index (χ0) is 28.2. The van der Waals surface area contributed by atoms with Gasteiger partial charge in [0.1, 0.15) is 6.10 Å². The summed E-state index contributed by atoms with van der Waals surface area (Å²) in [5.41, 5.74) is 0. The van der Waals surface area contributed by atoms with Gasteiger partial charge in [-0.25, -0.2) is 0 Å². The zero-order valence-corrected chi connectivity index (χ0v) is 20.4. The van der Waals surface area contributed by atoms with Crippen LogP contribution in [-0.2, 0) is 28.8 Å². The van der Waals surface area contributed by atoms with Crippen LogP contribution in [0.3, 0.4) is 0 Å². The van der Waals surface area contributed by atoms with E-state index < -0.39 is 41.8 Å². The molecule has 0 aromatic heterocycles. The molecule has 3 unspecified atom stereocenters. The molecule has 3 fully saturated rings. The molecule has 15 nitrogen and oxygen atoms in total. The van der Waals surface area contributed by atoms with Gasteiger partial charge in [-0.1, -0.05) is 0 Å². The third-order valence-corrected chi connectivity index (χ3v) is 5.49. The van der Waals surface area contributed by atoms with E-state index in [9.17, 15) is 28.8 Å². The van der Waals surface area contributed by atoms with E-state index in [-0.39, 0.29) is 50.2 Å². The average molecular weight is 522 g/mol. The monoisotopic (exact) mass is 521 g/mol. The minimum atomic E-state index is -0.954. The molecule has 15 heteroatoms. The Bertz CT molecular complexity index is 706. The Morgan fingerprint density at radius 3 is 0.944 bits per heavy atom. The lowest BCUT2D eigenvalue weighted by molar-refractivity contribution is -0.142. The number of hydrogen-bond acceptors (Lipinski definition) is 9. The predicted octanol–water partition coefficient (Wildman–Crippen LogP) is -3.02. The first-order chi connectivity index (χ1) is 16.6. The van der Waals surface area contributed by atoms with E-state index >= 15 is 0 Å². The van der Waals surface area contributed by atoms with Crippen LogP contribution in [-0.4, -0.2) is 141 Å². The van der Waals surface area contributed by atoms with Crippen LogP contribution in [0.5, 0.6) is 0 Å². The van der Waals surface area contributed by atoms with Crippen LogP contribution < -0.4 is 0 Å². The van der Waals surface area contributed by atoms with E-state index in [0.29, 0.717) is 19.6 Å². The van der Waals surface area contributed by atoms with Crippen molar-refractivity contribution in [2.45, 2.75) is 25.4 Å². The van der Waals surface area contributed by atoms with E-state index in [2.05, 4.69) is 0 Å². The molecule has 0 saturated carbocycles. The highest BCUT2D eigenvalue weighted by Gasteiger charge is 2.33. The van der Waals surface area contributed by atoms with Gasteiger partial charge < -0.3 is 45.3 Å². The van der Waals surface area contributed by atoms with Crippen LogP contribution in [0.4, 0.5) is 0 Å². The number of carboxylic acid groups (broad SMARTS) is 3. The summed E-state index contributed by atoms with van der Waals surface area (Å²) >= 11 is 0. The standard InChI is InChI=1S/3C6H9NO3.C3H8O3/c3*1-7-3-4(6(9)10)2-5(7)8;4-1-3(6)2-5/h3*4H,2-3H2,1H3,(H,9,10);3-6H,1-2H2. The van der Waals surface area contributed by atoms with Gasteiger partial charge in [0.15, 0.2) is 0 Å². The summed E-state index contributed by atoms with van der Waals surface area (Å²) in [5, 5.41) is 49.4. The minimum Gasteiger partial charge on any atom is -0.481 e. The summed E-state index contributed by atoms with van der Waals surface area (Å²) in [7, 11) is 4.85. The number of rotatable bonds is 5. The van der Waals surface area contributed by atoms with Crippen molar-refractivity contribution in [1.82, 2.24) is 14.7 Å². The van der Waals surface area contributed by atoms with Crippen molar-refractivity contribution in [3.05, 3.63) is 0 Å². The topological polar surface area (TPSA) is 234 Å². The zero-order valence-electron chi connectivity index (χ0n) is 20.4. The molecule has 0 aliphatic carbocycles. The van der Waals surface area contributed by atoms with Crippen LogP contribution in [0.2, 0.25) is 0 Å². The van der Waals surface area contributed by atoms with Crippen molar-refractivity contribution in [3.8, 4) is 0 Å². The second-order valence-electron chi connectivity index (χ2n) is 8.56. The first-order valence-corrected chi connectivity index (χ1v) is 10.9. The molecule has 3 atom stereocenters. The second kappa shape index (κ2) is 15.6. The van der Waals surface area contributed by atoms with E-state index in [1.165, 1.54) is 14.7 Å². The van der Waals surface area contributed by atoms with E-state index in [0.717, 1.165) is 0 Å². The normalized spacial score (nSPS) is 22.9. The van der Waals surface area contributed by atoms with Crippen molar-refractivity contribution in [3.63, 3.8) is 0 Å². The quantitative estimate of drug-likeness (QED) is 0.212. The van der Waals surface area contributed by atoms with E-state index in [4.69, 9.17) is 30.6 Å². The first-order valence-electron chi connectivity index (χ1n) is 10.9. The molecule has 0 bridgehead atoms. The lowest BCUT2D eigenvalue weighted by atomic mass is 10.1. The van der Waals surface area contributed by atoms with Gasteiger partial charge in [-0.3, -0.25) is 28.8 Å². The molecule has 3 rings (SSSR count). The third kappa shape index (κ3) is 11.4. The maximum atomic E-state index is 10.8. The van der Waals surface area contributed by atoms with Crippen molar-refractivity contribution in [2.24, 2.45) is 17.8 Å². The van der Waals surface area contributed by atoms with Crippen LogP contribution in [0.25, 0.3) is 0 Å². The highest BCUT2D eigenvalue weighted by atomic mass is 16.4. The van der Waals surface area contributed by atoms with E-state index in [1.807, 2.05) is 0 Å². The Labute approximate surface area is 207 Å². The highest BCUT2D eigenvalue weighted by Crippen LogP contribution is 2.16. The molecule has 36 heavy (non-hydrogen) atoms. The predicted molar refractivity (Wildman–Crippen MR) is 120 cm³/mol. The van der Waals surface area contributed by atoms with Gasteiger partial charge in [-0.15, -0.1) is 0 Å². The molecule has 0 radical (unpaired) electrons. The molecule has 3 saturated heterocycles. The van der Waals surface area contributed by atoms with Gasteiger partial charge in [-0.2, -0.15) is 0 Å². The largest absolute Gasteiger partial charge is 0.481 e. The molecule has 3 aliphatic rings. The SMILES string of the molecule is CN1CC(C(=O)O)CC1=O.CN1CC(C(=O)O)CC1=O.CN1CC(C(=O)O)CC1=O.OCC(O)CO. The number of aliphatic carboxylic acids is 3. The number of nitrogens with zero attached hydrogens (tertiary/aromatic N) is 3. The van der Waals surface area contributed by atoms with Crippen LogP contribution in [0.1, 0.15) is 19.3 Å². The van der Waals surface area contributed by atoms with Gasteiger partial charge >= 0.3 is 17.9 Å². The van der Waals surface area contributed by atoms with Crippen LogP contribution >= 0.6 is 0 Å². The van der Waals surface area contributed by atoms with Crippen molar-refractivity contribution in [1.29, 1.82) is 0 Å². The summed E-state index contributed by atoms with van der Waals surface area (Å²) in [5.74, 6) is -4.33. The number of aliphatic hydroxyl groups excluding tert-OH is 3. The Morgan fingerprint density at radius 1 is 0.667 bits per heavy atom. The van der Waals surface area contributed by atoms with Gasteiger partial charge in [-0.05, 0) is 0 Å². The van der Waals surface area contributed by atoms with E-state index in [1.54, 1.807) is 21.1 Å².